The first-order chi connectivity index (χ1) is 10.9. The largest absolute Gasteiger partial charge is 0.334 e. The zero-order chi connectivity index (χ0) is 16.6. The number of hydrogen-bond donors (Lipinski definition) is 1. The zero-order valence-corrected chi connectivity index (χ0v) is 15.4. The second-order valence-corrected chi connectivity index (χ2v) is 9.57. The third-order valence-corrected chi connectivity index (χ3v) is 7.08. The molecule has 2 fully saturated rings. The van der Waals surface area contributed by atoms with Gasteiger partial charge in [-0.3, -0.25) is 4.79 Å². The Morgan fingerprint density at radius 3 is 2.30 bits per heavy atom. The molecule has 0 aromatic carbocycles. The van der Waals surface area contributed by atoms with Crippen molar-refractivity contribution in [3.63, 3.8) is 0 Å². The molecule has 3 rings (SSSR count). The molecule has 7 heteroatoms. The van der Waals surface area contributed by atoms with E-state index >= 15 is 0 Å². The molecule has 1 aromatic rings. The lowest BCUT2D eigenvalue weighted by Gasteiger charge is -2.45. The molecule has 0 saturated carbocycles. The highest BCUT2D eigenvalue weighted by Gasteiger charge is 2.41. The first-order valence-corrected chi connectivity index (χ1v) is 9.72. The fraction of sp³-hybridized carbons (Fsp3) is 0.625. The van der Waals surface area contributed by atoms with Gasteiger partial charge in [-0.15, -0.1) is 11.3 Å². The maximum atomic E-state index is 12.4. The molecule has 1 unspecified atom stereocenters. The fourth-order valence-corrected chi connectivity index (χ4v) is 4.75. The summed E-state index contributed by atoms with van der Waals surface area (Å²) in [6.07, 6.45) is 0. The zero-order valence-electron chi connectivity index (χ0n) is 13.8. The quantitative estimate of drug-likeness (QED) is 0.888. The molecule has 0 aliphatic carbocycles. The smallest absolute Gasteiger partial charge is 0.317 e. The summed E-state index contributed by atoms with van der Waals surface area (Å²) < 4.78 is 0.129. The van der Waals surface area contributed by atoms with Gasteiger partial charge in [0, 0.05) is 41.6 Å². The van der Waals surface area contributed by atoms with Crippen molar-refractivity contribution >= 4 is 35.0 Å². The molecule has 0 radical (unpaired) electrons. The summed E-state index contributed by atoms with van der Waals surface area (Å²) in [6.45, 7) is 8.73. The van der Waals surface area contributed by atoms with E-state index in [9.17, 15) is 9.59 Å². The lowest BCUT2D eigenvalue weighted by atomic mass is 10.0. The van der Waals surface area contributed by atoms with Gasteiger partial charge in [-0.1, -0.05) is 0 Å². The van der Waals surface area contributed by atoms with Gasteiger partial charge in [0.2, 0.25) is 0 Å². The van der Waals surface area contributed by atoms with Crippen molar-refractivity contribution in [1.29, 1.82) is 0 Å². The highest BCUT2D eigenvalue weighted by Crippen LogP contribution is 2.39. The number of rotatable bonds is 2. The van der Waals surface area contributed by atoms with Crippen LogP contribution in [0.2, 0.25) is 0 Å². The second-order valence-electron chi connectivity index (χ2n) is 6.61. The number of carbonyl (C=O) groups excluding carboxylic acids is 2. The summed E-state index contributed by atoms with van der Waals surface area (Å²) in [4.78, 5) is 30.4. The molecule has 3 amide bonds. The molecule has 0 spiro atoms. The number of piperazine rings is 1. The van der Waals surface area contributed by atoms with E-state index in [-0.39, 0.29) is 22.7 Å². The van der Waals surface area contributed by atoms with Crippen molar-refractivity contribution in [1.82, 2.24) is 15.1 Å². The monoisotopic (exact) mass is 353 g/mol. The minimum absolute atomic E-state index is 0.00226. The molecule has 126 valence electrons. The average Bonchev–Trinajstić information content (AvgIpc) is 2.97. The van der Waals surface area contributed by atoms with Crippen molar-refractivity contribution in [2.24, 2.45) is 0 Å². The van der Waals surface area contributed by atoms with E-state index in [0.717, 1.165) is 15.5 Å². The Morgan fingerprint density at radius 2 is 1.83 bits per heavy atom. The summed E-state index contributed by atoms with van der Waals surface area (Å²) in [6, 6.07) is 4.11. The van der Waals surface area contributed by atoms with Gasteiger partial charge in [-0.2, -0.15) is 11.8 Å². The van der Waals surface area contributed by atoms with Crippen LogP contribution in [-0.4, -0.2) is 64.5 Å². The van der Waals surface area contributed by atoms with Crippen LogP contribution in [0.5, 0.6) is 0 Å². The van der Waals surface area contributed by atoms with Crippen molar-refractivity contribution < 1.29 is 9.59 Å². The van der Waals surface area contributed by atoms with Crippen LogP contribution < -0.4 is 5.32 Å². The predicted molar refractivity (Wildman–Crippen MR) is 95.4 cm³/mol. The Morgan fingerprint density at radius 1 is 1.17 bits per heavy atom. The normalized spacial score (nSPS) is 23.3. The van der Waals surface area contributed by atoms with Gasteiger partial charge >= 0.3 is 6.03 Å². The van der Waals surface area contributed by atoms with Gasteiger partial charge in [0.15, 0.2) is 0 Å². The molecule has 1 atom stereocenters. The topological polar surface area (TPSA) is 52.7 Å². The van der Waals surface area contributed by atoms with Crippen LogP contribution in [-0.2, 0) is 0 Å². The third-order valence-electron chi connectivity index (χ3n) is 4.56. The number of hydrogen-bond acceptors (Lipinski definition) is 4. The Labute approximate surface area is 145 Å². The number of thioether (sulfide) groups is 1. The summed E-state index contributed by atoms with van der Waals surface area (Å²) in [5.41, 5.74) is 0. The maximum Gasteiger partial charge on any atom is 0.317 e. The van der Waals surface area contributed by atoms with E-state index in [0.29, 0.717) is 26.2 Å². The van der Waals surface area contributed by atoms with E-state index < -0.39 is 0 Å². The Hall–Kier alpha value is -1.21. The molecule has 3 heterocycles. The number of nitrogens with one attached hydrogen (secondary N) is 1. The van der Waals surface area contributed by atoms with Gasteiger partial charge in [-0.05, 0) is 32.9 Å². The first-order valence-electron chi connectivity index (χ1n) is 7.92. The minimum atomic E-state index is 0.00226. The van der Waals surface area contributed by atoms with Crippen LogP contribution >= 0.6 is 23.1 Å². The average molecular weight is 354 g/mol. The van der Waals surface area contributed by atoms with Crippen LogP contribution in [0.1, 0.15) is 28.4 Å². The van der Waals surface area contributed by atoms with Gasteiger partial charge in [0.25, 0.3) is 5.91 Å². The van der Waals surface area contributed by atoms with Crippen LogP contribution in [0.15, 0.2) is 12.1 Å². The van der Waals surface area contributed by atoms with Crippen LogP contribution in [0.25, 0.3) is 0 Å². The predicted octanol–water partition coefficient (Wildman–Crippen LogP) is 2.42. The lowest BCUT2D eigenvalue weighted by molar-refractivity contribution is 0.0667. The third kappa shape index (κ3) is 3.50. The van der Waals surface area contributed by atoms with E-state index in [1.807, 2.05) is 40.6 Å². The van der Waals surface area contributed by atoms with Gasteiger partial charge < -0.3 is 15.1 Å². The number of nitrogens with zero attached hydrogens (tertiary/aromatic N) is 2. The molecule has 2 aliphatic rings. The number of amides is 3. The van der Waals surface area contributed by atoms with Crippen molar-refractivity contribution in [3.8, 4) is 0 Å². The minimum Gasteiger partial charge on any atom is -0.334 e. The molecule has 23 heavy (non-hydrogen) atoms. The SMILES string of the molecule is Cc1ccc(C(=O)N2CCN(C(=O)NC3CSC3(C)C)CC2)s1. The van der Waals surface area contributed by atoms with Crippen molar-refractivity contribution in [3.05, 3.63) is 21.9 Å². The first kappa shape index (κ1) is 16.6. The molecule has 2 saturated heterocycles. The van der Waals surface area contributed by atoms with Gasteiger partial charge in [0.05, 0.1) is 10.9 Å². The molecule has 1 aromatic heterocycles. The Balaban J connectivity index is 1.50. The number of thiophene rings is 1. The summed E-state index contributed by atoms with van der Waals surface area (Å²) in [5, 5.41) is 3.12. The van der Waals surface area contributed by atoms with E-state index in [2.05, 4.69) is 19.2 Å². The Kier molecular flexibility index (Phi) is 4.60. The molecule has 5 nitrogen and oxygen atoms in total. The van der Waals surface area contributed by atoms with Crippen LogP contribution in [0.4, 0.5) is 4.79 Å². The number of carbonyl (C=O) groups is 2. The maximum absolute atomic E-state index is 12.4. The summed E-state index contributed by atoms with van der Waals surface area (Å²) in [5.74, 6) is 1.06. The molecule has 1 N–H and O–H groups in total. The fourth-order valence-electron chi connectivity index (χ4n) is 2.77. The van der Waals surface area contributed by atoms with E-state index in [4.69, 9.17) is 0 Å². The highest BCUT2D eigenvalue weighted by molar-refractivity contribution is 8.02. The molecular formula is C16H23N3O2S2. The molecule has 2 aliphatic heterocycles. The molecular weight excluding hydrogens is 330 g/mol. The van der Waals surface area contributed by atoms with Gasteiger partial charge in [0.1, 0.15) is 0 Å². The highest BCUT2D eigenvalue weighted by atomic mass is 32.2. The summed E-state index contributed by atoms with van der Waals surface area (Å²) in [7, 11) is 0. The standard InChI is InChI=1S/C16H23N3O2S2/c1-11-4-5-12(23-11)14(20)18-6-8-19(9-7-18)15(21)17-13-10-22-16(13,2)3/h4-5,13H,6-10H2,1-3H3,(H,17,21). The van der Waals surface area contributed by atoms with Gasteiger partial charge in [-0.25, -0.2) is 4.79 Å². The van der Waals surface area contributed by atoms with Crippen LogP contribution in [0, 0.1) is 6.92 Å². The second kappa shape index (κ2) is 6.36. The lowest BCUT2D eigenvalue weighted by Crippen LogP contribution is -2.61. The van der Waals surface area contributed by atoms with Crippen LogP contribution in [0.3, 0.4) is 0 Å². The Bertz CT molecular complexity index is 606. The number of urea groups is 1. The number of aryl methyl sites for hydroxylation is 1. The molecule has 0 bridgehead atoms. The summed E-state index contributed by atoms with van der Waals surface area (Å²) >= 11 is 3.41. The van der Waals surface area contributed by atoms with Crippen molar-refractivity contribution in [2.75, 3.05) is 31.9 Å². The van der Waals surface area contributed by atoms with Crippen molar-refractivity contribution in [2.45, 2.75) is 31.6 Å². The van der Waals surface area contributed by atoms with E-state index in [1.165, 1.54) is 11.3 Å². The van der Waals surface area contributed by atoms with E-state index in [1.54, 1.807) is 0 Å².